The van der Waals surface area contributed by atoms with E-state index in [-0.39, 0.29) is 12.8 Å². The Morgan fingerprint density at radius 3 is 1.64 bits per heavy atom. The summed E-state index contributed by atoms with van der Waals surface area (Å²) in [6.45, 7) is 4.08. The molecule has 0 atom stereocenters. The van der Waals surface area contributed by atoms with Gasteiger partial charge in [0.1, 0.15) is 0 Å². The quantitative estimate of drug-likeness (QED) is 0.0916. The molecule has 1 aliphatic carbocycles. The first-order valence-corrected chi connectivity index (χ1v) is 12.0. The van der Waals surface area contributed by atoms with Crippen LogP contribution >= 0.6 is 0 Å². The molecule has 0 unspecified atom stereocenters. The van der Waals surface area contributed by atoms with E-state index in [1.165, 1.54) is 14.2 Å². The average Bonchev–Trinajstić information content (AvgIpc) is 2.48. The summed E-state index contributed by atoms with van der Waals surface area (Å²) >= 11 is -1.33. The molecule has 0 spiro atoms. The molecular weight excluding hydrogens is 518 g/mol. The molecule has 0 amide bonds. The van der Waals surface area contributed by atoms with Crippen LogP contribution in [0.1, 0.15) is 39.5 Å². The first kappa shape index (κ1) is 20.4. The van der Waals surface area contributed by atoms with Gasteiger partial charge in [-0.05, 0) is 0 Å². The van der Waals surface area contributed by atoms with Crippen molar-refractivity contribution >= 4 is 11.9 Å². The second-order valence-electron chi connectivity index (χ2n) is 5.08. The number of ether oxygens (including phenoxy) is 2. The Labute approximate surface area is 153 Å². The van der Waals surface area contributed by atoms with E-state index in [4.69, 9.17) is 15.6 Å². The van der Waals surface area contributed by atoms with Crippen LogP contribution < -0.4 is 43.2 Å². The van der Waals surface area contributed by atoms with Crippen molar-refractivity contribution in [1.82, 2.24) is 0 Å². The summed E-state index contributed by atoms with van der Waals surface area (Å²) in [6, 6.07) is 0. The number of rotatable bonds is 10. The predicted molar refractivity (Wildman–Crippen MR) is 70.9 cm³/mol. The molecule has 1 saturated carbocycles. The Morgan fingerprint density at radius 1 is 0.909 bits per heavy atom. The van der Waals surface area contributed by atoms with Crippen molar-refractivity contribution in [2.45, 2.75) is 45.3 Å². The molecule has 1 rings (SSSR count). The van der Waals surface area contributed by atoms with E-state index in [2.05, 4.69) is 0 Å². The van der Waals surface area contributed by atoms with Gasteiger partial charge in [0.2, 0.25) is 0 Å². The Balaban J connectivity index is 2.74. The fraction of sp³-hybridized carbons (Fsp3) is 0.857. The zero-order valence-corrected chi connectivity index (χ0v) is 17.8. The van der Waals surface area contributed by atoms with Crippen LogP contribution in [0.5, 0.6) is 0 Å². The number of carbonyl (C=O) groups excluding carboxylic acids is 2. The van der Waals surface area contributed by atoms with Crippen molar-refractivity contribution in [1.29, 1.82) is 0 Å². The van der Waals surface area contributed by atoms with Crippen LogP contribution in [-0.2, 0) is 25.2 Å². The van der Waals surface area contributed by atoms with Crippen molar-refractivity contribution in [3.8, 4) is 0 Å². The van der Waals surface area contributed by atoms with Gasteiger partial charge in [-0.1, -0.05) is 0 Å². The van der Waals surface area contributed by atoms with Crippen LogP contribution in [0.15, 0.2) is 0 Å². The van der Waals surface area contributed by atoms with Crippen LogP contribution in [0.25, 0.3) is 0 Å². The number of halogens is 2. The van der Waals surface area contributed by atoms with Crippen molar-refractivity contribution in [3.05, 3.63) is 0 Å². The molecule has 6 nitrogen and oxygen atoms in total. The first-order valence-electron chi connectivity index (χ1n) is 7.21. The summed E-state index contributed by atoms with van der Waals surface area (Å²) in [5, 5.41) is 0. The third-order valence-corrected chi connectivity index (χ3v) is 7.91. The fourth-order valence-corrected chi connectivity index (χ4v) is 4.82. The van der Waals surface area contributed by atoms with E-state index < -0.39 is 66.4 Å². The maximum absolute atomic E-state index is 12.4. The van der Waals surface area contributed by atoms with Gasteiger partial charge in [0, 0.05) is 0 Å². The van der Waals surface area contributed by atoms with Crippen LogP contribution in [0.4, 0.5) is 0 Å². The van der Waals surface area contributed by atoms with Crippen LogP contribution in [0, 0.1) is 5.41 Å². The molecule has 0 radical (unpaired) electrons. The van der Waals surface area contributed by atoms with Crippen LogP contribution in [0.2, 0.25) is 0 Å². The summed E-state index contributed by atoms with van der Waals surface area (Å²) in [6.07, 6.45) is 2.27. The van der Waals surface area contributed by atoms with Crippen molar-refractivity contribution in [2.75, 3.05) is 23.1 Å². The standard InChI is InChI=1S/C14H24I2O6/c1-5-7-15-21-11(17)13(12(18)22-16-8-6-2)9-14(10-13,19-3)20-4/h5-10H2,1-4H3/q-2. The van der Waals surface area contributed by atoms with E-state index in [9.17, 15) is 9.59 Å². The van der Waals surface area contributed by atoms with E-state index in [0.717, 1.165) is 21.7 Å². The van der Waals surface area contributed by atoms with Gasteiger partial charge < -0.3 is 0 Å². The van der Waals surface area contributed by atoms with Gasteiger partial charge in [0.05, 0.1) is 0 Å². The van der Waals surface area contributed by atoms with Gasteiger partial charge in [-0.15, -0.1) is 0 Å². The van der Waals surface area contributed by atoms with E-state index in [1.54, 1.807) is 0 Å². The minimum absolute atomic E-state index is 0.163. The minimum atomic E-state index is -1.24. The zero-order chi connectivity index (χ0) is 16.6. The SMILES string of the molecule is CCC[I-]OC(=O)C1(C(=O)O[I-]CCC)CC(OC)(OC)C1. The first-order chi connectivity index (χ1) is 10.5. The molecule has 0 aliphatic heterocycles. The number of methoxy groups -OCH3 is 2. The van der Waals surface area contributed by atoms with Gasteiger partial charge in [0.15, 0.2) is 0 Å². The Morgan fingerprint density at radius 2 is 1.32 bits per heavy atom. The second kappa shape index (κ2) is 9.58. The summed E-state index contributed by atoms with van der Waals surface area (Å²) in [5.41, 5.74) is -1.24. The Hall–Kier alpha value is 0.320. The molecule has 1 aliphatic rings. The molecule has 0 aromatic heterocycles. The fourth-order valence-electron chi connectivity index (χ4n) is 2.09. The zero-order valence-electron chi connectivity index (χ0n) is 13.4. The van der Waals surface area contributed by atoms with Crippen LogP contribution in [-0.4, -0.2) is 40.8 Å². The third kappa shape index (κ3) is 4.67. The average molecular weight is 542 g/mol. The van der Waals surface area contributed by atoms with Crippen molar-refractivity contribution in [2.24, 2.45) is 5.41 Å². The molecule has 8 heteroatoms. The van der Waals surface area contributed by atoms with Gasteiger partial charge >= 0.3 is 154 Å². The molecule has 0 saturated heterocycles. The predicted octanol–water partition coefficient (Wildman–Crippen LogP) is -4.33. The Bertz CT molecular complexity index is 352. The summed E-state index contributed by atoms with van der Waals surface area (Å²) in [4.78, 5) is 24.8. The van der Waals surface area contributed by atoms with Crippen LogP contribution in [0.3, 0.4) is 0 Å². The van der Waals surface area contributed by atoms with Crippen molar-refractivity contribution < 1.29 is 68.4 Å². The number of hydrogen-bond donors (Lipinski definition) is 0. The third-order valence-electron chi connectivity index (χ3n) is 3.45. The molecule has 22 heavy (non-hydrogen) atoms. The maximum atomic E-state index is 12.4. The molecule has 132 valence electrons. The molecule has 0 N–H and O–H groups in total. The van der Waals surface area contributed by atoms with Gasteiger partial charge in [-0.2, -0.15) is 0 Å². The van der Waals surface area contributed by atoms with Gasteiger partial charge in [-0.3, -0.25) is 0 Å². The summed E-state index contributed by atoms with van der Waals surface area (Å²) < 4.78 is 23.1. The van der Waals surface area contributed by atoms with E-state index in [0.29, 0.717) is 0 Å². The number of carbonyl (C=O) groups is 2. The molecule has 0 heterocycles. The Kier molecular flexibility index (Phi) is 8.86. The number of alkyl halides is 2. The molecule has 0 bridgehead atoms. The van der Waals surface area contributed by atoms with E-state index >= 15 is 0 Å². The monoisotopic (exact) mass is 542 g/mol. The topological polar surface area (TPSA) is 71.1 Å². The molecular formula is C14H24I2O6-2. The van der Waals surface area contributed by atoms with E-state index in [1.807, 2.05) is 13.8 Å². The summed E-state index contributed by atoms with van der Waals surface area (Å²) in [7, 11) is 3.02. The van der Waals surface area contributed by atoms with Gasteiger partial charge in [0.25, 0.3) is 0 Å². The number of hydrogen-bond acceptors (Lipinski definition) is 6. The van der Waals surface area contributed by atoms with Gasteiger partial charge in [-0.25, -0.2) is 0 Å². The summed E-state index contributed by atoms with van der Waals surface area (Å²) in [5.74, 6) is -1.82. The van der Waals surface area contributed by atoms with Crippen molar-refractivity contribution in [3.63, 3.8) is 0 Å². The molecule has 0 aromatic rings. The molecule has 0 aromatic carbocycles. The normalized spacial score (nSPS) is 18.7. The molecule has 1 fully saturated rings. The second-order valence-corrected chi connectivity index (χ2v) is 9.36.